The maximum atomic E-state index is 13.2. The van der Waals surface area contributed by atoms with Crippen molar-refractivity contribution in [3.8, 4) is 11.5 Å². The van der Waals surface area contributed by atoms with E-state index >= 15 is 0 Å². The summed E-state index contributed by atoms with van der Waals surface area (Å²) in [7, 11) is 0. The van der Waals surface area contributed by atoms with Crippen LogP contribution in [0.15, 0.2) is 59.1 Å². The zero-order chi connectivity index (χ0) is 25.9. The van der Waals surface area contributed by atoms with Crippen LogP contribution in [0.3, 0.4) is 0 Å². The number of rotatable bonds is 5. The van der Waals surface area contributed by atoms with Crippen molar-refractivity contribution >= 4 is 51.5 Å². The van der Waals surface area contributed by atoms with Gasteiger partial charge in [0, 0.05) is 42.7 Å². The fourth-order valence-electron chi connectivity index (χ4n) is 4.11. The van der Waals surface area contributed by atoms with Crippen LogP contribution in [0.1, 0.15) is 15.9 Å². The Balaban J connectivity index is 1.37. The molecular weight excluding hydrogens is 496 g/mol. The number of hydrogen-bond acceptors (Lipinski definition) is 9. The molecule has 0 radical (unpaired) electrons. The van der Waals surface area contributed by atoms with Crippen molar-refractivity contribution in [1.29, 1.82) is 0 Å². The van der Waals surface area contributed by atoms with Crippen molar-refractivity contribution < 1.29 is 18.9 Å². The van der Waals surface area contributed by atoms with Crippen LogP contribution >= 0.6 is 12.2 Å². The van der Waals surface area contributed by atoms with E-state index in [4.69, 9.17) is 21.4 Å². The van der Waals surface area contributed by atoms with Gasteiger partial charge in [-0.1, -0.05) is 6.07 Å². The predicted molar refractivity (Wildman–Crippen MR) is 142 cm³/mol. The van der Waals surface area contributed by atoms with Gasteiger partial charge in [-0.3, -0.25) is 20.2 Å². The lowest BCUT2D eigenvalue weighted by atomic mass is 10.1. The number of nitrogens with one attached hydrogen (secondary N) is 2. The highest BCUT2D eigenvalue weighted by Crippen LogP contribution is 2.30. The number of carbonyl (C=O) groups is 1. The van der Waals surface area contributed by atoms with Crippen molar-refractivity contribution in [2.45, 2.75) is 6.92 Å². The lowest BCUT2D eigenvalue weighted by molar-refractivity contribution is -0.384. The van der Waals surface area contributed by atoms with Crippen LogP contribution in [0.25, 0.3) is 22.7 Å². The van der Waals surface area contributed by atoms with E-state index in [-0.39, 0.29) is 16.4 Å². The standard InChI is InChI=1S/C25H22N6O5S/c1-15-17(24-28-22-21(36-24)6-3-9-26-22)4-2-5-19(15)27-25(37)29-23(32)18-14-16(31(33)34)7-8-20(18)30-10-12-35-13-11-30/h2-9,14H,10-13H2,1H3,(H2,27,29,32,37). The van der Waals surface area contributed by atoms with Gasteiger partial charge < -0.3 is 19.4 Å². The van der Waals surface area contributed by atoms with Crippen LogP contribution in [0.5, 0.6) is 0 Å². The average molecular weight is 519 g/mol. The molecule has 0 saturated carbocycles. The zero-order valence-corrected chi connectivity index (χ0v) is 20.6. The fourth-order valence-corrected chi connectivity index (χ4v) is 4.31. The lowest BCUT2D eigenvalue weighted by Gasteiger charge is -2.30. The smallest absolute Gasteiger partial charge is 0.270 e. The molecule has 4 aromatic rings. The first-order chi connectivity index (χ1) is 17.9. The number of carbonyl (C=O) groups excluding carboxylic acids is 1. The second kappa shape index (κ2) is 10.3. The molecule has 1 saturated heterocycles. The molecular formula is C25H22N6O5S. The van der Waals surface area contributed by atoms with Crippen molar-refractivity contribution in [3.05, 3.63) is 76.0 Å². The minimum Gasteiger partial charge on any atom is -0.434 e. The number of ether oxygens (including phenoxy) is 1. The molecule has 0 unspecified atom stereocenters. The van der Waals surface area contributed by atoms with Crippen LogP contribution in [0.4, 0.5) is 17.1 Å². The number of thiocarbonyl (C=S) groups is 1. The highest BCUT2D eigenvalue weighted by Gasteiger charge is 2.23. The Bertz CT molecular complexity index is 1480. The maximum Gasteiger partial charge on any atom is 0.270 e. The molecule has 0 aliphatic carbocycles. The molecule has 2 aromatic heterocycles. The Hall–Kier alpha value is -4.42. The summed E-state index contributed by atoms with van der Waals surface area (Å²) in [6.45, 7) is 4.02. The summed E-state index contributed by atoms with van der Waals surface area (Å²) in [4.78, 5) is 34.6. The summed E-state index contributed by atoms with van der Waals surface area (Å²) in [6.07, 6.45) is 1.65. The third-order valence-electron chi connectivity index (χ3n) is 5.99. The van der Waals surface area contributed by atoms with Gasteiger partial charge in [0.05, 0.1) is 29.4 Å². The normalized spacial score (nSPS) is 13.4. The number of oxazole rings is 1. The molecule has 2 aromatic carbocycles. The molecule has 1 aliphatic rings. The van der Waals surface area contributed by atoms with E-state index in [2.05, 4.69) is 20.6 Å². The van der Waals surface area contributed by atoms with Crippen LogP contribution in [-0.4, -0.2) is 52.2 Å². The number of amides is 1. The Kier molecular flexibility index (Phi) is 6.75. The number of anilines is 2. The predicted octanol–water partition coefficient (Wildman–Crippen LogP) is 4.07. The van der Waals surface area contributed by atoms with Crippen molar-refractivity contribution in [3.63, 3.8) is 0 Å². The molecule has 1 amide bonds. The monoisotopic (exact) mass is 518 g/mol. The van der Waals surface area contributed by atoms with Gasteiger partial charge >= 0.3 is 0 Å². The molecule has 37 heavy (non-hydrogen) atoms. The Labute approximate surface area is 216 Å². The second-order valence-corrected chi connectivity index (χ2v) is 8.70. The number of nitro benzene ring substituents is 1. The SMILES string of the molecule is Cc1c(NC(=S)NC(=O)c2cc([N+](=O)[O-])ccc2N2CCOCC2)cccc1-c1nc2ncccc2o1. The van der Waals surface area contributed by atoms with Crippen molar-refractivity contribution in [2.75, 3.05) is 36.5 Å². The summed E-state index contributed by atoms with van der Waals surface area (Å²) in [6, 6.07) is 13.3. The van der Waals surface area contributed by atoms with E-state index in [0.717, 1.165) is 11.1 Å². The highest BCUT2D eigenvalue weighted by molar-refractivity contribution is 7.80. The highest BCUT2D eigenvalue weighted by atomic mass is 32.1. The molecule has 5 rings (SSSR count). The third-order valence-corrected chi connectivity index (χ3v) is 6.20. The summed E-state index contributed by atoms with van der Waals surface area (Å²) in [5, 5.41) is 17.1. The van der Waals surface area contributed by atoms with Gasteiger partial charge in [0.2, 0.25) is 5.89 Å². The quantitative estimate of drug-likeness (QED) is 0.226. The van der Waals surface area contributed by atoms with Gasteiger partial charge in [-0.25, -0.2) is 4.98 Å². The van der Waals surface area contributed by atoms with Gasteiger partial charge in [0.25, 0.3) is 11.6 Å². The Morgan fingerprint density at radius 2 is 1.97 bits per heavy atom. The number of hydrogen-bond donors (Lipinski definition) is 2. The van der Waals surface area contributed by atoms with Crippen LogP contribution in [0, 0.1) is 17.0 Å². The van der Waals surface area contributed by atoms with Crippen molar-refractivity contribution in [1.82, 2.24) is 15.3 Å². The fraction of sp³-hybridized carbons (Fsp3) is 0.200. The molecule has 0 bridgehead atoms. The molecule has 12 heteroatoms. The van der Waals surface area contributed by atoms with Crippen LogP contribution in [0.2, 0.25) is 0 Å². The zero-order valence-electron chi connectivity index (χ0n) is 19.8. The number of nitro groups is 1. The summed E-state index contributed by atoms with van der Waals surface area (Å²) in [5.41, 5.74) is 3.82. The first-order valence-electron chi connectivity index (χ1n) is 11.5. The first kappa shape index (κ1) is 24.3. The molecule has 188 valence electrons. The van der Waals surface area contributed by atoms with E-state index in [1.54, 1.807) is 24.4 Å². The van der Waals surface area contributed by atoms with Crippen LogP contribution in [-0.2, 0) is 4.74 Å². The van der Waals surface area contributed by atoms with Gasteiger partial charge in [-0.05, 0) is 55.0 Å². The van der Waals surface area contributed by atoms with E-state index in [1.807, 2.05) is 30.0 Å². The molecule has 1 aliphatic heterocycles. The number of aromatic nitrogens is 2. The molecule has 0 spiro atoms. The average Bonchev–Trinajstić information content (AvgIpc) is 3.34. The molecule has 0 atom stereocenters. The van der Waals surface area contributed by atoms with E-state index in [1.165, 1.54) is 12.1 Å². The number of morpholine rings is 1. The summed E-state index contributed by atoms with van der Waals surface area (Å²) in [5.74, 6) is -0.141. The van der Waals surface area contributed by atoms with E-state index < -0.39 is 10.8 Å². The summed E-state index contributed by atoms with van der Waals surface area (Å²) < 4.78 is 11.2. The second-order valence-electron chi connectivity index (χ2n) is 8.29. The minimum atomic E-state index is -0.554. The first-order valence-corrected chi connectivity index (χ1v) is 11.9. The molecule has 1 fully saturated rings. The van der Waals surface area contributed by atoms with Gasteiger partial charge in [-0.15, -0.1) is 0 Å². The van der Waals surface area contributed by atoms with E-state index in [9.17, 15) is 14.9 Å². The number of non-ortho nitro benzene ring substituents is 1. The lowest BCUT2D eigenvalue weighted by Crippen LogP contribution is -2.39. The van der Waals surface area contributed by atoms with Crippen LogP contribution < -0.4 is 15.5 Å². The minimum absolute atomic E-state index is 0.0453. The molecule has 3 heterocycles. The Morgan fingerprint density at radius 1 is 1.16 bits per heavy atom. The topological polar surface area (TPSA) is 136 Å². The van der Waals surface area contributed by atoms with Gasteiger partial charge in [0.1, 0.15) is 0 Å². The van der Waals surface area contributed by atoms with Gasteiger partial charge in [-0.2, -0.15) is 4.98 Å². The van der Waals surface area contributed by atoms with E-state index in [0.29, 0.717) is 54.8 Å². The maximum absolute atomic E-state index is 13.2. The number of benzene rings is 2. The van der Waals surface area contributed by atoms with Crippen molar-refractivity contribution in [2.24, 2.45) is 0 Å². The number of pyridine rings is 1. The number of nitrogens with zero attached hydrogens (tertiary/aromatic N) is 4. The van der Waals surface area contributed by atoms with Gasteiger partial charge in [0.15, 0.2) is 16.3 Å². The summed E-state index contributed by atoms with van der Waals surface area (Å²) >= 11 is 5.41. The third kappa shape index (κ3) is 5.10. The number of fused-ring (bicyclic) bond motifs is 1. The molecule has 2 N–H and O–H groups in total. The Morgan fingerprint density at radius 3 is 2.73 bits per heavy atom. The molecule has 11 nitrogen and oxygen atoms in total. The largest absolute Gasteiger partial charge is 0.434 e.